The number of hydrogen-bond acceptors (Lipinski definition) is 2. The zero-order chi connectivity index (χ0) is 11.3. The van der Waals surface area contributed by atoms with Crippen LogP contribution in [0.25, 0.3) is 0 Å². The Hall–Kier alpha value is -0.141. The topological polar surface area (TPSA) is 34.1 Å². The van der Waals surface area contributed by atoms with Crippen molar-refractivity contribution in [2.24, 2.45) is 0 Å². The molecule has 2 nitrogen and oxygen atoms in total. The second-order valence-electron chi connectivity index (χ2n) is 2.94. The molecule has 0 spiro atoms. The van der Waals surface area contributed by atoms with Crippen LogP contribution in [0.1, 0.15) is 20.8 Å². The van der Waals surface area contributed by atoms with E-state index in [4.69, 9.17) is 0 Å². The summed E-state index contributed by atoms with van der Waals surface area (Å²) in [5.74, 6) is 0. The van der Waals surface area contributed by atoms with Crippen LogP contribution in [0.15, 0.2) is 24.3 Å². The van der Waals surface area contributed by atoms with E-state index in [0.29, 0.717) is 11.1 Å². The molecule has 0 amide bonds. The first kappa shape index (κ1) is 13.9. The van der Waals surface area contributed by atoms with Crippen molar-refractivity contribution in [1.29, 1.82) is 0 Å². The molecule has 0 bridgehead atoms. The van der Waals surface area contributed by atoms with E-state index in [1.807, 2.05) is 6.92 Å². The van der Waals surface area contributed by atoms with Gasteiger partial charge in [0.15, 0.2) is 0 Å². The SMILES string of the molecule is C=C(C)C(=O)[Se]C(C)[Se]C(=O)C(=C)C. The fourth-order valence-electron chi connectivity index (χ4n) is 0.527. The van der Waals surface area contributed by atoms with Gasteiger partial charge in [-0.25, -0.2) is 0 Å². The molecular formula is C10H14O2Se2. The quantitative estimate of drug-likeness (QED) is 0.546. The molecule has 0 N–H and O–H groups in total. The van der Waals surface area contributed by atoms with Gasteiger partial charge >= 0.3 is 97.7 Å². The predicted molar refractivity (Wildman–Crippen MR) is 60.6 cm³/mol. The van der Waals surface area contributed by atoms with E-state index in [-0.39, 0.29) is 43.0 Å². The molecule has 0 heterocycles. The van der Waals surface area contributed by atoms with Crippen LogP contribution in [0.3, 0.4) is 0 Å². The van der Waals surface area contributed by atoms with E-state index in [1.54, 1.807) is 13.8 Å². The average Bonchev–Trinajstić information content (AvgIpc) is 2.03. The van der Waals surface area contributed by atoms with Gasteiger partial charge in [-0.15, -0.1) is 0 Å². The van der Waals surface area contributed by atoms with Gasteiger partial charge in [0.05, 0.1) is 0 Å². The van der Waals surface area contributed by atoms with Gasteiger partial charge in [0, 0.05) is 0 Å². The molecule has 0 aromatic rings. The van der Waals surface area contributed by atoms with Gasteiger partial charge in [-0.1, -0.05) is 0 Å². The fraction of sp³-hybridized carbons (Fsp3) is 0.400. The molecule has 0 rings (SSSR count). The summed E-state index contributed by atoms with van der Waals surface area (Å²) >= 11 is -0.284. The Bertz CT molecular complexity index is 254. The van der Waals surface area contributed by atoms with Crippen LogP contribution in [0, 0.1) is 0 Å². The van der Waals surface area contributed by atoms with E-state index in [1.165, 1.54) is 0 Å². The van der Waals surface area contributed by atoms with Crippen LogP contribution >= 0.6 is 0 Å². The van der Waals surface area contributed by atoms with Crippen LogP contribution in [0.5, 0.6) is 0 Å². The van der Waals surface area contributed by atoms with E-state index in [2.05, 4.69) is 13.2 Å². The third-order valence-electron chi connectivity index (χ3n) is 1.24. The summed E-state index contributed by atoms with van der Waals surface area (Å²) in [4.78, 5) is 22.6. The maximum atomic E-state index is 11.3. The molecule has 0 unspecified atom stereocenters. The Labute approximate surface area is 97.5 Å². The van der Waals surface area contributed by atoms with E-state index < -0.39 is 0 Å². The molecule has 4 heteroatoms. The molecule has 0 fully saturated rings. The maximum absolute atomic E-state index is 11.3. The van der Waals surface area contributed by atoms with Crippen LogP contribution in [-0.2, 0) is 9.59 Å². The molecule has 0 saturated carbocycles. The molecule has 0 radical (unpaired) electrons. The second kappa shape index (κ2) is 6.36. The van der Waals surface area contributed by atoms with Crippen molar-refractivity contribution in [2.75, 3.05) is 0 Å². The van der Waals surface area contributed by atoms with Gasteiger partial charge in [-0.2, -0.15) is 0 Å². The summed E-state index contributed by atoms with van der Waals surface area (Å²) < 4.78 is 0.422. The van der Waals surface area contributed by atoms with Crippen LogP contribution in [0.2, 0.25) is 3.71 Å². The standard InChI is InChI=1S/C10H14O2Se2/c1-6(2)9(11)13-8(5)14-10(12)7(3)4/h8H,1,3H2,2,4-5H3. The average molecular weight is 324 g/mol. The summed E-state index contributed by atoms with van der Waals surface area (Å²) in [5.41, 5.74) is 1.19. The van der Waals surface area contributed by atoms with Gasteiger partial charge < -0.3 is 0 Å². The van der Waals surface area contributed by atoms with Gasteiger partial charge in [0.25, 0.3) is 0 Å². The number of rotatable bonds is 6. The minimum atomic E-state index is -0.142. The van der Waals surface area contributed by atoms with E-state index in [9.17, 15) is 9.59 Å². The molecule has 0 aliphatic rings. The summed E-state index contributed by atoms with van der Waals surface area (Å²) in [6, 6.07) is 0. The third-order valence-corrected chi connectivity index (χ3v) is 7.09. The first-order valence-corrected chi connectivity index (χ1v) is 7.76. The summed E-state index contributed by atoms with van der Waals surface area (Å²) in [7, 11) is 0. The van der Waals surface area contributed by atoms with E-state index >= 15 is 0 Å². The fourth-order valence-corrected chi connectivity index (χ4v) is 5.17. The first-order chi connectivity index (χ1) is 6.34. The molecule has 0 aromatic heterocycles. The molecule has 0 atom stereocenters. The Morgan fingerprint density at radius 3 is 1.50 bits per heavy atom. The number of hydrogen-bond donors (Lipinski definition) is 0. The zero-order valence-corrected chi connectivity index (χ0v) is 12.1. The predicted octanol–water partition coefficient (Wildman–Crippen LogP) is 1.37. The molecule has 0 aliphatic heterocycles. The van der Waals surface area contributed by atoms with Gasteiger partial charge in [-0.3, -0.25) is 0 Å². The minimum absolute atomic E-state index is 0.112. The van der Waals surface area contributed by atoms with Crippen LogP contribution in [0.4, 0.5) is 0 Å². The second-order valence-corrected chi connectivity index (χ2v) is 9.96. The Kier molecular flexibility index (Phi) is 6.30. The molecule has 0 aromatic carbocycles. The summed E-state index contributed by atoms with van der Waals surface area (Å²) in [6.45, 7) is 12.6. The zero-order valence-electron chi connectivity index (χ0n) is 8.62. The van der Waals surface area contributed by atoms with Crippen molar-refractivity contribution in [3.05, 3.63) is 24.3 Å². The summed E-state index contributed by atoms with van der Waals surface area (Å²) in [6.07, 6.45) is 0. The monoisotopic (exact) mass is 326 g/mol. The van der Waals surface area contributed by atoms with Gasteiger partial charge in [0.2, 0.25) is 0 Å². The number of allylic oxidation sites excluding steroid dienone is 2. The van der Waals surface area contributed by atoms with Crippen molar-refractivity contribution in [3.8, 4) is 0 Å². The molecule has 78 valence electrons. The van der Waals surface area contributed by atoms with Crippen molar-refractivity contribution in [3.63, 3.8) is 0 Å². The van der Waals surface area contributed by atoms with Crippen LogP contribution in [-0.4, -0.2) is 39.3 Å². The Balaban J connectivity index is 4.05. The van der Waals surface area contributed by atoms with Crippen molar-refractivity contribution >= 4 is 39.3 Å². The van der Waals surface area contributed by atoms with Crippen molar-refractivity contribution in [2.45, 2.75) is 24.5 Å². The van der Waals surface area contributed by atoms with Crippen molar-refractivity contribution < 1.29 is 9.59 Å². The first-order valence-electron chi connectivity index (χ1n) is 4.07. The number of carbonyl (C=O) groups is 2. The van der Waals surface area contributed by atoms with Crippen LogP contribution < -0.4 is 0 Å². The van der Waals surface area contributed by atoms with E-state index in [0.717, 1.165) is 0 Å². The Morgan fingerprint density at radius 1 is 1.00 bits per heavy atom. The van der Waals surface area contributed by atoms with Gasteiger partial charge in [0.1, 0.15) is 0 Å². The molecular weight excluding hydrogens is 310 g/mol. The molecule has 14 heavy (non-hydrogen) atoms. The number of carbonyl (C=O) groups excluding carboxylic acids is 2. The van der Waals surface area contributed by atoms with Gasteiger partial charge in [-0.05, 0) is 0 Å². The van der Waals surface area contributed by atoms with Crippen molar-refractivity contribution in [1.82, 2.24) is 0 Å². The normalized spacial score (nSPS) is 10.0. The molecule has 0 aliphatic carbocycles. The summed E-state index contributed by atoms with van der Waals surface area (Å²) in [5, 5.41) is 0. The Morgan fingerprint density at radius 2 is 1.29 bits per heavy atom. The third kappa shape index (κ3) is 5.56. The molecule has 0 saturated heterocycles.